The van der Waals surface area contributed by atoms with Crippen molar-refractivity contribution in [1.29, 1.82) is 0 Å². The number of benzene rings is 1. The average molecular weight is 304 g/mol. The molecule has 1 unspecified atom stereocenters. The number of rotatable bonds is 7. The molecule has 2 rings (SSSR count). The van der Waals surface area contributed by atoms with E-state index < -0.39 is 11.3 Å². The molecule has 0 saturated heterocycles. The van der Waals surface area contributed by atoms with Gasteiger partial charge in [-0.1, -0.05) is 42.1 Å². The second kappa shape index (κ2) is 7.73. The molecule has 0 saturated carbocycles. The third-order valence-corrected chi connectivity index (χ3v) is 4.22. The van der Waals surface area contributed by atoms with Crippen molar-refractivity contribution in [3.05, 3.63) is 51.9 Å². The molecule has 5 nitrogen and oxygen atoms in total. The lowest BCUT2D eigenvalue weighted by atomic mass is 10.1. The molecule has 1 aromatic carbocycles. The van der Waals surface area contributed by atoms with Gasteiger partial charge in [0.1, 0.15) is 11.1 Å². The van der Waals surface area contributed by atoms with E-state index in [4.69, 9.17) is 0 Å². The Labute approximate surface area is 127 Å². The van der Waals surface area contributed by atoms with Gasteiger partial charge in [0, 0.05) is 17.0 Å². The van der Waals surface area contributed by atoms with E-state index in [2.05, 4.69) is 22.6 Å². The average Bonchev–Trinajstić information content (AvgIpc) is 3.01. The van der Waals surface area contributed by atoms with Crippen LogP contribution >= 0.6 is 11.8 Å². The van der Waals surface area contributed by atoms with Crippen molar-refractivity contribution in [3.63, 3.8) is 0 Å². The summed E-state index contributed by atoms with van der Waals surface area (Å²) in [4.78, 5) is 33.2. The van der Waals surface area contributed by atoms with Crippen molar-refractivity contribution in [3.8, 4) is 0 Å². The van der Waals surface area contributed by atoms with Crippen LogP contribution < -0.4 is 5.32 Å². The third-order valence-electron chi connectivity index (χ3n) is 3.20. The number of nitrogens with one attached hydrogen (secondary N) is 1. The molecular formula is C15H16N2O3S. The zero-order valence-electron chi connectivity index (χ0n) is 11.5. The topological polar surface area (TPSA) is 75.6 Å². The number of amides is 1. The zero-order valence-corrected chi connectivity index (χ0v) is 12.3. The van der Waals surface area contributed by atoms with E-state index in [1.165, 1.54) is 22.7 Å². The number of nitrogens with zero attached hydrogens (tertiary/aromatic N) is 1. The molecule has 1 N–H and O–H groups in total. The molecule has 0 bridgehead atoms. The highest BCUT2D eigenvalue weighted by Crippen LogP contribution is 2.23. The van der Waals surface area contributed by atoms with Crippen LogP contribution in [-0.2, 0) is 16.0 Å². The van der Waals surface area contributed by atoms with Gasteiger partial charge in [-0.2, -0.15) is 0 Å². The quantitative estimate of drug-likeness (QED) is 0.619. The van der Waals surface area contributed by atoms with E-state index in [0.29, 0.717) is 6.42 Å². The third kappa shape index (κ3) is 4.53. The number of thioether (sulfide) groups is 1. The summed E-state index contributed by atoms with van der Waals surface area (Å²) in [6, 6.07) is 10.1. The minimum atomic E-state index is -0.859. The lowest BCUT2D eigenvalue weighted by Gasteiger charge is -2.10. The number of ketones is 1. The smallest absolute Gasteiger partial charge is 0.333 e. The van der Waals surface area contributed by atoms with E-state index in [-0.39, 0.29) is 11.5 Å². The first-order valence-electron chi connectivity index (χ1n) is 6.77. The van der Waals surface area contributed by atoms with Crippen LogP contribution in [0.15, 0.2) is 46.6 Å². The molecule has 1 atom stereocenters. The number of nitroso groups, excluding NO2 is 1. The fourth-order valence-electron chi connectivity index (χ4n) is 2.07. The van der Waals surface area contributed by atoms with Crippen LogP contribution in [0.2, 0.25) is 0 Å². The molecule has 110 valence electrons. The van der Waals surface area contributed by atoms with Crippen molar-refractivity contribution < 1.29 is 9.59 Å². The van der Waals surface area contributed by atoms with Crippen LogP contribution in [0.25, 0.3) is 0 Å². The summed E-state index contributed by atoms with van der Waals surface area (Å²) in [6.45, 7) is 0. The standard InChI is InChI=1S/C15H16N2O3S/c18-13(15-16-12(10-21-15)14(19)17-20)9-5-4-8-11-6-2-1-3-7-11/h1-3,6-7,10,15-16H,4-5,8-9H2. The number of carbonyl (C=O) groups excluding carboxylic acids is 2. The van der Waals surface area contributed by atoms with E-state index in [9.17, 15) is 14.5 Å². The van der Waals surface area contributed by atoms with Crippen molar-refractivity contribution in [2.45, 2.75) is 31.1 Å². The van der Waals surface area contributed by atoms with Crippen LogP contribution in [0.5, 0.6) is 0 Å². The summed E-state index contributed by atoms with van der Waals surface area (Å²) < 4.78 is 0. The molecule has 1 heterocycles. The van der Waals surface area contributed by atoms with E-state index in [0.717, 1.165) is 19.3 Å². The van der Waals surface area contributed by atoms with Crippen LogP contribution in [0, 0.1) is 4.91 Å². The molecule has 1 aliphatic rings. The number of hydrogen-bond donors (Lipinski definition) is 1. The monoisotopic (exact) mass is 304 g/mol. The SMILES string of the molecule is O=NC(=O)C1=CSC(C(=O)CCCCc2ccccc2)N1. The summed E-state index contributed by atoms with van der Waals surface area (Å²) in [7, 11) is 0. The van der Waals surface area contributed by atoms with Crippen molar-refractivity contribution in [1.82, 2.24) is 5.32 Å². The van der Waals surface area contributed by atoms with Crippen LogP contribution in [-0.4, -0.2) is 17.1 Å². The second-order valence-corrected chi connectivity index (χ2v) is 5.73. The molecular weight excluding hydrogens is 288 g/mol. The molecule has 1 aliphatic heterocycles. The predicted octanol–water partition coefficient (Wildman–Crippen LogP) is 2.77. The second-order valence-electron chi connectivity index (χ2n) is 4.75. The summed E-state index contributed by atoms with van der Waals surface area (Å²) in [6.07, 6.45) is 3.17. The van der Waals surface area contributed by atoms with Crippen molar-refractivity contribution >= 4 is 23.5 Å². The highest BCUT2D eigenvalue weighted by Gasteiger charge is 2.26. The Kier molecular flexibility index (Phi) is 5.68. The number of aryl methyl sites for hydroxylation is 1. The Morgan fingerprint density at radius 2 is 1.95 bits per heavy atom. The minimum absolute atomic E-state index is 0.0398. The maximum atomic E-state index is 12.0. The first-order chi connectivity index (χ1) is 10.2. The lowest BCUT2D eigenvalue weighted by molar-refractivity contribution is -0.119. The fraction of sp³-hybridized carbons (Fsp3) is 0.333. The molecule has 0 spiro atoms. The number of hydrogen-bond acceptors (Lipinski definition) is 5. The summed E-state index contributed by atoms with van der Waals surface area (Å²) in [5.74, 6) is -0.820. The first kappa shape index (κ1) is 15.4. The molecule has 0 fully saturated rings. The Balaban J connectivity index is 1.67. The summed E-state index contributed by atoms with van der Waals surface area (Å²) >= 11 is 1.21. The Bertz CT molecular complexity index is 557. The van der Waals surface area contributed by atoms with Gasteiger partial charge in [0.2, 0.25) is 0 Å². The van der Waals surface area contributed by atoms with Gasteiger partial charge in [0.25, 0.3) is 0 Å². The molecule has 1 aromatic rings. The van der Waals surface area contributed by atoms with Crippen molar-refractivity contribution in [2.24, 2.45) is 5.18 Å². The molecule has 0 aromatic heterocycles. The number of carbonyl (C=O) groups is 2. The molecule has 1 amide bonds. The van der Waals surface area contributed by atoms with Gasteiger partial charge in [-0.15, -0.1) is 4.91 Å². The van der Waals surface area contributed by atoms with Gasteiger partial charge in [-0.25, -0.2) is 0 Å². The Hall–Kier alpha value is -1.95. The van der Waals surface area contributed by atoms with Gasteiger partial charge >= 0.3 is 5.91 Å². The fourth-order valence-corrected chi connectivity index (χ4v) is 2.97. The van der Waals surface area contributed by atoms with Gasteiger partial charge in [0.05, 0.1) is 0 Å². The van der Waals surface area contributed by atoms with Gasteiger partial charge in [-0.05, 0) is 24.8 Å². The highest BCUT2D eigenvalue weighted by molar-refractivity contribution is 8.03. The van der Waals surface area contributed by atoms with E-state index in [1.54, 1.807) is 0 Å². The Morgan fingerprint density at radius 1 is 1.19 bits per heavy atom. The molecule has 21 heavy (non-hydrogen) atoms. The van der Waals surface area contributed by atoms with Gasteiger partial charge < -0.3 is 5.32 Å². The largest absolute Gasteiger partial charge is 0.362 e. The van der Waals surface area contributed by atoms with E-state index in [1.807, 2.05) is 18.2 Å². The summed E-state index contributed by atoms with van der Waals surface area (Å²) in [5.41, 5.74) is 1.38. The van der Waals surface area contributed by atoms with Crippen LogP contribution in [0.1, 0.15) is 24.8 Å². The Morgan fingerprint density at radius 3 is 2.67 bits per heavy atom. The zero-order chi connectivity index (χ0) is 15.1. The maximum Gasteiger partial charge on any atom is 0.333 e. The van der Waals surface area contributed by atoms with Crippen LogP contribution in [0.3, 0.4) is 0 Å². The minimum Gasteiger partial charge on any atom is -0.362 e. The predicted molar refractivity (Wildman–Crippen MR) is 82.4 cm³/mol. The van der Waals surface area contributed by atoms with Gasteiger partial charge in [0.15, 0.2) is 5.78 Å². The van der Waals surface area contributed by atoms with Crippen molar-refractivity contribution in [2.75, 3.05) is 0 Å². The van der Waals surface area contributed by atoms with Crippen LogP contribution in [0.4, 0.5) is 0 Å². The van der Waals surface area contributed by atoms with E-state index >= 15 is 0 Å². The normalized spacial score (nSPS) is 17.0. The van der Waals surface area contributed by atoms with Gasteiger partial charge in [-0.3, -0.25) is 9.59 Å². The summed E-state index contributed by atoms with van der Waals surface area (Å²) in [5, 5.41) is 6.07. The number of unbranched alkanes of at least 4 members (excludes halogenated alkanes) is 1. The molecule has 0 aliphatic carbocycles. The molecule has 6 heteroatoms. The maximum absolute atomic E-state index is 12.0. The number of Topliss-reactive ketones (excluding diaryl/α,β-unsaturated/α-hetero) is 1. The first-order valence-corrected chi connectivity index (χ1v) is 7.71. The highest BCUT2D eigenvalue weighted by atomic mass is 32.2. The molecule has 0 radical (unpaired) electrons. The lowest BCUT2D eigenvalue weighted by Crippen LogP contribution is -2.31.